The van der Waals surface area contributed by atoms with Crippen molar-refractivity contribution in [2.24, 2.45) is 28.8 Å². The Hall–Kier alpha value is -3.23. The van der Waals surface area contributed by atoms with Crippen molar-refractivity contribution in [2.45, 2.75) is 13.0 Å². The van der Waals surface area contributed by atoms with Gasteiger partial charge in [-0.15, -0.1) is 0 Å². The van der Waals surface area contributed by atoms with Crippen molar-refractivity contribution in [3.8, 4) is 5.75 Å². The first-order valence-corrected chi connectivity index (χ1v) is 11.0. The Bertz CT molecular complexity index is 1210. The highest BCUT2D eigenvalue weighted by Gasteiger charge is 2.59. The molecule has 4 unspecified atom stereocenters. The van der Waals surface area contributed by atoms with Crippen molar-refractivity contribution in [1.29, 1.82) is 0 Å². The zero-order valence-corrected chi connectivity index (χ0v) is 18.6. The van der Waals surface area contributed by atoms with Crippen molar-refractivity contribution >= 4 is 46.9 Å². The van der Waals surface area contributed by atoms with Gasteiger partial charge in [-0.3, -0.25) is 19.7 Å². The van der Waals surface area contributed by atoms with Crippen LogP contribution < -0.4 is 4.74 Å². The molecule has 8 nitrogen and oxygen atoms in total. The second-order valence-corrected chi connectivity index (χ2v) is 9.07. The van der Waals surface area contributed by atoms with Crippen LogP contribution in [0, 0.1) is 33.8 Å². The number of nitrogens with zero attached hydrogens (tertiary/aromatic N) is 3. The monoisotopic (exact) mass is 485 g/mol. The minimum absolute atomic E-state index is 0.0566. The predicted molar refractivity (Wildman–Crippen MR) is 121 cm³/mol. The summed E-state index contributed by atoms with van der Waals surface area (Å²) in [5.41, 5.74) is 0.795. The lowest BCUT2D eigenvalue weighted by molar-refractivity contribution is -0.385. The number of fused-ring (bicyclic) bond motifs is 5. The minimum atomic E-state index is -0.568. The van der Waals surface area contributed by atoms with E-state index in [1.54, 1.807) is 24.3 Å². The number of hydrogen-bond donors (Lipinski definition) is 0. The fourth-order valence-electron chi connectivity index (χ4n) is 4.79. The number of hydrogen-bond acceptors (Lipinski definition) is 6. The van der Waals surface area contributed by atoms with E-state index in [2.05, 4.69) is 5.10 Å². The summed E-state index contributed by atoms with van der Waals surface area (Å²) in [4.78, 5) is 36.4. The van der Waals surface area contributed by atoms with Gasteiger partial charge in [-0.1, -0.05) is 41.4 Å². The lowest BCUT2D eigenvalue weighted by Crippen LogP contribution is -2.28. The van der Waals surface area contributed by atoms with Gasteiger partial charge < -0.3 is 4.74 Å². The first kappa shape index (κ1) is 21.6. The first-order chi connectivity index (χ1) is 15.8. The Kier molecular flexibility index (Phi) is 5.42. The molecule has 0 spiro atoms. The summed E-state index contributed by atoms with van der Waals surface area (Å²) in [5, 5.41) is 17.3. The van der Waals surface area contributed by atoms with Crippen LogP contribution in [0.3, 0.4) is 0 Å². The van der Waals surface area contributed by atoms with Crippen LogP contribution in [-0.4, -0.2) is 28.0 Å². The SMILES string of the molecule is O=C1C2C3C=CC(C3)C2C(=O)N1N=Cc1ccc(OCc2ccc(Cl)c(Cl)c2)c([N+](=O)[O-])c1. The molecule has 2 aliphatic carbocycles. The quantitative estimate of drug-likeness (QED) is 0.195. The van der Waals surface area contributed by atoms with Gasteiger partial charge in [-0.25, -0.2) is 0 Å². The highest BCUT2D eigenvalue weighted by molar-refractivity contribution is 6.42. The summed E-state index contributed by atoms with van der Waals surface area (Å²) in [6.45, 7) is 0.0566. The van der Waals surface area contributed by atoms with E-state index in [0.717, 1.165) is 11.4 Å². The number of hydrazone groups is 1. The van der Waals surface area contributed by atoms with E-state index in [-0.39, 0.29) is 53.5 Å². The normalized spacial score (nSPS) is 25.3. The van der Waals surface area contributed by atoms with E-state index in [9.17, 15) is 19.7 Å². The summed E-state index contributed by atoms with van der Waals surface area (Å²) in [6.07, 6.45) is 6.12. The molecule has 1 saturated carbocycles. The second kappa shape index (κ2) is 8.28. The van der Waals surface area contributed by atoms with Gasteiger partial charge in [0, 0.05) is 11.6 Å². The van der Waals surface area contributed by atoms with Gasteiger partial charge in [0.15, 0.2) is 5.75 Å². The van der Waals surface area contributed by atoms with Gasteiger partial charge in [0.1, 0.15) is 6.61 Å². The summed E-state index contributed by atoms with van der Waals surface area (Å²) in [6, 6.07) is 9.25. The Morgan fingerprint density at radius 2 is 1.76 bits per heavy atom. The molecule has 2 aromatic rings. The maximum atomic E-state index is 12.7. The average Bonchev–Trinajstić information content (AvgIpc) is 3.47. The van der Waals surface area contributed by atoms with Gasteiger partial charge in [0.2, 0.25) is 0 Å². The molecule has 10 heteroatoms. The molecular weight excluding hydrogens is 469 g/mol. The third kappa shape index (κ3) is 3.79. The molecule has 1 aliphatic heterocycles. The topological polar surface area (TPSA) is 102 Å². The number of carbonyl (C=O) groups is 2. The van der Waals surface area contributed by atoms with Crippen LogP contribution in [0.1, 0.15) is 17.5 Å². The maximum Gasteiger partial charge on any atom is 0.311 e. The van der Waals surface area contributed by atoms with Crippen LogP contribution in [0.5, 0.6) is 5.75 Å². The molecule has 0 N–H and O–H groups in total. The maximum absolute atomic E-state index is 12.7. The van der Waals surface area contributed by atoms with Gasteiger partial charge in [-0.05, 0) is 48.1 Å². The van der Waals surface area contributed by atoms with Crippen molar-refractivity contribution in [3.05, 3.63) is 79.8 Å². The molecule has 1 saturated heterocycles. The van der Waals surface area contributed by atoms with Crippen molar-refractivity contribution in [1.82, 2.24) is 5.01 Å². The molecule has 0 radical (unpaired) electrons. The average molecular weight is 486 g/mol. The molecule has 2 aromatic carbocycles. The number of allylic oxidation sites excluding steroid dienone is 2. The number of carbonyl (C=O) groups excluding carboxylic acids is 2. The molecule has 2 amide bonds. The fraction of sp³-hybridized carbons (Fsp3) is 0.261. The van der Waals surface area contributed by atoms with Crippen LogP contribution in [0.15, 0.2) is 53.7 Å². The van der Waals surface area contributed by atoms with Crippen molar-refractivity contribution < 1.29 is 19.2 Å². The van der Waals surface area contributed by atoms with E-state index in [1.807, 2.05) is 12.2 Å². The Morgan fingerprint density at radius 3 is 2.39 bits per heavy atom. The lowest BCUT2D eigenvalue weighted by atomic mass is 9.85. The molecular formula is C23H17Cl2N3O5. The summed E-state index contributed by atoms with van der Waals surface area (Å²) >= 11 is 11.9. The van der Waals surface area contributed by atoms with Gasteiger partial charge in [0.25, 0.3) is 11.8 Å². The molecule has 3 aliphatic rings. The Balaban J connectivity index is 1.32. The molecule has 0 aromatic heterocycles. The number of imide groups is 1. The highest BCUT2D eigenvalue weighted by Crippen LogP contribution is 2.52. The van der Waals surface area contributed by atoms with Crippen LogP contribution in [0.2, 0.25) is 10.0 Å². The molecule has 4 atom stereocenters. The van der Waals surface area contributed by atoms with E-state index in [0.29, 0.717) is 21.2 Å². The Labute approximate surface area is 198 Å². The number of halogens is 2. The van der Waals surface area contributed by atoms with E-state index < -0.39 is 4.92 Å². The number of amides is 2. The molecule has 1 heterocycles. The van der Waals surface area contributed by atoms with E-state index >= 15 is 0 Å². The zero-order chi connectivity index (χ0) is 23.3. The molecule has 5 rings (SSSR count). The number of ether oxygens (including phenoxy) is 1. The standard InChI is InChI=1S/C23H17Cl2N3O5/c24-16-5-1-13(7-17(16)25)11-33-19-6-2-12(8-18(19)28(31)32)10-26-27-22(29)20-14-3-4-15(9-14)21(20)23(27)30/h1-8,10,14-15,20-21H,9,11H2. The number of benzene rings is 2. The van der Waals surface area contributed by atoms with Gasteiger partial charge in [0.05, 0.1) is 33.0 Å². The molecule has 2 bridgehead atoms. The minimum Gasteiger partial charge on any atom is -0.482 e. The third-order valence-electron chi connectivity index (χ3n) is 6.33. The van der Waals surface area contributed by atoms with E-state index in [1.165, 1.54) is 18.3 Å². The summed E-state index contributed by atoms with van der Waals surface area (Å²) in [7, 11) is 0. The number of nitro benzene ring substituents is 1. The highest BCUT2D eigenvalue weighted by atomic mass is 35.5. The number of rotatable bonds is 6. The zero-order valence-electron chi connectivity index (χ0n) is 17.1. The van der Waals surface area contributed by atoms with Gasteiger partial charge in [-0.2, -0.15) is 10.1 Å². The van der Waals surface area contributed by atoms with Crippen LogP contribution >= 0.6 is 23.2 Å². The van der Waals surface area contributed by atoms with Gasteiger partial charge >= 0.3 is 5.69 Å². The molecule has 33 heavy (non-hydrogen) atoms. The summed E-state index contributed by atoms with van der Waals surface area (Å²) < 4.78 is 5.61. The summed E-state index contributed by atoms with van der Waals surface area (Å²) in [5.74, 6) is -1.08. The largest absolute Gasteiger partial charge is 0.482 e. The fourth-order valence-corrected chi connectivity index (χ4v) is 5.12. The van der Waals surface area contributed by atoms with Crippen molar-refractivity contribution in [3.63, 3.8) is 0 Å². The predicted octanol–water partition coefficient (Wildman–Crippen LogP) is 4.62. The number of nitro groups is 1. The molecule has 2 fully saturated rings. The lowest BCUT2D eigenvalue weighted by Gasteiger charge is -2.13. The first-order valence-electron chi connectivity index (χ1n) is 10.3. The van der Waals surface area contributed by atoms with E-state index in [4.69, 9.17) is 27.9 Å². The van der Waals surface area contributed by atoms with Crippen LogP contribution in [0.4, 0.5) is 5.69 Å². The Morgan fingerprint density at radius 1 is 1.06 bits per heavy atom. The molecule has 168 valence electrons. The van der Waals surface area contributed by atoms with Crippen LogP contribution in [0.25, 0.3) is 0 Å². The second-order valence-electron chi connectivity index (χ2n) is 8.25. The smallest absolute Gasteiger partial charge is 0.311 e. The third-order valence-corrected chi connectivity index (χ3v) is 7.07. The van der Waals surface area contributed by atoms with Crippen LogP contribution in [-0.2, 0) is 16.2 Å². The van der Waals surface area contributed by atoms with Crippen molar-refractivity contribution in [2.75, 3.05) is 0 Å².